The molecule has 0 heterocycles. The summed E-state index contributed by atoms with van der Waals surface area (Å²) < 4.78 is 40.0. The van der Waals surface area contributed by atoms with Gasteiger partial charge in [-0.3, -0.25) is 4.79 Å². The number of alkyl halides is 2. The smallest absolute Gasteiger partial charge is 0.387 e. The number of para-hydroxylation sites is 1. The second-order valence-electron chi connectivity index (χ2n) is 5.00. The van der Waals surface area contributed by atoms with E-state index in [9.17, 15) is 13.6 Å². The molecule has 0 aliphatic rings. The lowest BCUT2D eigenvalue weighted by molar-refractivity contribution is -0.140. The molecule has 9 heteroatoms. The molecule has 2 N–H and O–H groups in total. The third-order valence-corrected chi connectivity index (χ3v) is 3.17. The number of carbonyl (C=O) groups is 1. The van der Waals surface area contributed by atoms with Crippen LogP contribution in [0.5, 0.6) is 11.5 Å². The fourth-order valence-electron chi connectivity index (χ4n) is 2.07. The van der Waals surface area contributed by atoms with Gasteiger partial charge in [0.2, 0.25) is 0 Å². The van der Waals surface area contributed by atoms with Gasteiger partial charge in [-0.15, -0.1) is 0 Å². The van der Waals surface area contributed by atoms with Crippen LogP contribution in [0.2, 0.25) is 0 Å². The molecule has 0 spiro atoms. The minimum Gasteiger partial charge on any atom is -0.490 e. The Labute approximate surface area is 151 Å². The van der Waals surface area contributed by atoms with Crippen molar-refractivity contribution in [1.82, 2.24) is 10.6 Å². The van der Waals surface area contributed by atoms with Gasteiger partial charge in [0.1, 0.15) is 0 Å². The predicted molar refractivity (Wildman–Crippen MR) is 93.7 cm³/mol. The Morgan fingerprint density at radius 2 is 2.04 bits per heavy atom. The predicted octanol–water partition coefficient (Wildman–Crippen LogP) is 2.30. The van der Waals surface area contributed by atoms with Crippen LogP contribution in [0, 0.1) is 0 Å². The summed E-state index contributed by atoms with van der Waals surface area (Å²) in [4.78, 5) is 15.5. The van der Waals surface area contributed by atoms with Crippen LogP contribution < -0.4 is 20.1 Å². The van der Waals surface area contributed by atoms with E-state index in [1.165, 1.54) is 7.11 Å². The van der Waals surface area contributed by atoms with Crippen molar-refractivity contribution < 1.29 is 27.8 Å². The average molecular weight is 373 g/mol. The first-order valence-electron chi connectivity index (χ1n) is 8.30. The Kier molecular flexibility index (Phi) is 9.81. The van der Waals surface area contributed by atoms with E-state index < -0.39 is 6.61 Å². The van der Waals surface area contributed by atoms with Gasteiger partial charge in [0.05, 0.1) is 26.7 Å². The van der Waals surface area contributed by atoms with Crippen molar-refractivity contribution in [2.45, 2.75) is 33.4 Å². The van der Waals surface area contributed by atoms with Crippen molar-refractivity contribution >= 4 is 11.9 Å². The summed E-state index contributed by atoms with van der Waals surface area (Å²) in [6.07, 6.45) is 0.181. The van der Waals surface area contributed by atoms with Crippen LogP contribution in [0.25, 0.3) is 0 Å². The van der Waals surface area contributed by atoms with Gasteiger partial charge >= 0.3 is 12.6 Å². The molecular formula is C17H25F2N3O4. The summed E-state index contributed by atoms with van der Waals surface area (Å²) >= 11 is 0. The summed E-state index contributed by atoms with van der Waals surface area (Å²) in [7, 11) is 1.32. The van der Waals surface area contributed by atoms with Crippen LogP contribution >= 0.6 is 0 Å². The number of guanidine groups is 1. The minimum atomic E-state index is -2.97. The summed E-state index contributed by atoms with van der Waals surface area (Å²) in [5.41, 5.74) is 0.460. The quantitative estimate of drug-likeness (QED) is 0.372. The Balaban J connectivity index is 2.89. The number of hydrogen-bond acceptors (Lipinski definition) is 5. The molecule has 7 nitrogen and oxygen atoms in total. The molecule has 0 bridgehead atoms. The first-order chi connectivity index (χ1) is 12.5. The van der Waals surface area contributed by atoms with E-state index in [1.807, 2.05) is 6.92 Å². The fourth-order valence-corrected chi connectivity index (χ4v) is 2.07. The van der Waals surface area contributed by atoms with E-state index in [2.05, 4.69) is 25.1 Å². The number of aliphatic imine (C=N–C) groups is 1. The molecule has 0 radical (unpaired) electrons. The highest BCUT2D eigenvalue weighted by Crippen LogP contribution is 2.33. The summed E-state index contributed by atoms with van der Waals surface area (Å²) in [5, 5.41) is 5.99. The number of benzene rings is 1. The molecule has 1 aromatic rings. The maximum absolute atomic E-state index is 12.7. The highest BCUT2D eigenvalue weighted by molar-refractivity contribution is 5.80. The van der Waals surface area contributed by atoms with Gasteiger partial charge in [-0.25, -0.2) is 4.99 Å². The summed E-state index contributed by atoms with van der Waals surface area (Å²) in [6.45, 7) is 2.03. The van der Waals surface area contributed by atoms with Crippen molar-refractivity contribution in [3.63, 3.8) is 0 Å². The van der Waals surface area contributed by atoms with Crippen LogP contribution in [0.1, 0.15) is 25.8 Å². The number of halogens is 2. The molecule has 0 aromatic heterocycles. The topological polar surface area (TPSA) is 81.2 Å². The highest BCUT2D eigenvalue weighted by Gasteiger charge is 2.15. The van der Waals surface area contributed by atoms with Crippen LogP contribution in [0.4, 0.5) is 8.78 Å². The number of methoxy groups -OCH3 is 1. The monoisotopic (exact) mass is 373 g/mol. The van der Waals surface area contributed by atoms with E-state index in [-0.39, 0.29) is 30.4 Å². The lowest BCUT2D eigenvalue weighted by atomic mass is 10.2. The Morgan fingerprint density at radius 1 is 1.27 bits per heavy atom. The van der Waals surface area contributed by atoms with Gasteiger partial charge in [0.15, 0.2) is 17.5 Å². The molecule has 0 unspecified atom stereocenters. The molecule has 1 rings (SSSR count). The lowest BCUT2D eigenvalue weighted by Gasteiger charge is -2.15. The van der Waals surface area contributed by atoms with Gasteiger partial charge in [-0.2, -0.15) is 8.78 Å². The number of rotatable bonds is 10. The van der Waals surface area contributed by atoms with Gasteiger partial charge in [0.25, 0.3) is 0 Å². The van der Waals surface area contributed by atoms with Gasteiger partial charge in [-0.1, -0.05) is 12.1 Å². The summed E-state index contributed by atoms with van der Waals surface area (Å²) in [5.74, 6) is 0.314. The number of carbonyl (C=O) groups excluding carboxylic acids is 1. The van der Waals surface area contributed by atoms with Gasteiger partial charge < -0.3 is 24.8 Å². The molecule has 0 saturated carbocycles. The molecule has 0 fully saturated rings. The first-order valence-corrected chi connectivity index (χ1v) is 8.30. The molecule has 1 aromatic carbocycles. The Bertz CT molecular complexity index is 597. The first kappa shape index (κ1) is 21.5. The molecule has 0 aliphatic carbocycles. The highest BCUT2D eigenvalue weighted by atomic mass is 19.3. The van der Waals surface area contributed by atoms with Crippen LogP contribution in [-0.2, 0) is 16.1 Å². The number of esters is 1. The number of nitrogens with zero attached hydrogens (tertiary/aromatic N) is 1. The molecule has 0 aliphatic heterocycles. The second kappa shape index (κ2) is 11.9. The van der Waals surface area contributed by atoms with E-state index in [1.54, 1.807) is 25.1 Å². The van der Waals surface area contributed by atoms with Gasteiger partial charge in [-0.05, 0) is 19.9 Å². The van der Waals surface area contributed by atoms with Crippen molar-refractivity contribution in [2.24, 2.45) is 4.99 Å². The van der Waals surface area contributed by atoms with E-state index >= 15 is 0 Å². The second-order valence-corrected chi connectivity index (χ2v) is 5.00. The van der Waals surface area contributed by atoms with Crippen molar-refractivity contribution in [3.8, 4) is 11.5 Å². The number of hydrogen-bond donors (Lipinski definition) is 2. The van der Waals surface area contributed by atoms with E-state index in [0.717, 1.165) is 0 Å². The van der Waals surface area contributed by atoms with Crippen LogP contribution in [0.3, 0.4) is 0 Å². The molecular weight excluding hydrogens is 348 g/mol. The molecule has 0 amide bonds. The molecule has 0 atom stereocenters. The lowest BCUT2D eigenvalue weighted by Crippen LogP contribution is -2.38. The zero-order valence-corrected chi connectivity index (χ0v) is 15.2. The minimum absolute atomic E-state index is 0.0292. The summed E-state index contributed by atoms with van der Waals surface area (Å²) in [6, 6.07) is 4.89. The fraction of sp³-hybridized carbons (Fsp3) is 0.529. The average Bonchev–Trinajstić information content (AvgIpc) is 2.61. The van der Waals surface area contributed by atoms with Crippen molar-refractivity contribution in [2.75, 3.05) is 26.8 Å². The normalized spacial score (nSPS) is 11.2. The van der Waals surface area contributed by atoms with E-state index in [4.69, 9.17) is 4.74 Å². The van der Waals surface area contributed by atoms with Crippen molar-refractivity contribution in [1.29, 1.82) is 0 Å². The van der Waals surface area contributed by atoms with Crippen molar-refractivity contribution in [3.05, 3.63) is 23.8 Å². The maximum atomic E-state index is 12.7. The standard InChI is InChI=1S/C17H25F2N3O4/c1-4-20-17(21-10-9-14(23)24-3)22-11-12-7-6-8-13(25-5-2)15(12)26-16(18)19/h6-8,16H,4-5,9-11H2,1-3H3,(H2,20,21,22). The van der Waals surface area contributed by atoms with Crippen LogP contribution in [-0.4, -0.2) is 45.3 Å². The molecule has 0 saturated heterocycles. The zero-order chi connectivity index (χ0) is 19.4. The third-order valence-electron chi connectivity index (χ3n) is 3.17. The third kappa shape index (κ3) is 7.54. The SMILES string of the molecule is CCNC(=NCc1cccc(OCC)c1OC(F)F)NCCC(=O)OC. The van der Waals surface area contributed by atoms with Gasteiger partial charge in [0, 0.05) is 18.7 Å². The number of nitrogens with one attached hydrogen (secondary N) is 2. The zero-order valence-electron chi connectivity index (χ0n) is 15.2. The van der Waals surface area contributed by atoms with E-state index in [0.29, 0.717) is 31.2 Å². The Hall–Kier alpha value is -2.58. The molecule has 26 heavy (non-hydrogen) atoms. The molecule has 146 valence electrons. The largest absolute Gasteiger partial charge is 0.490 e. The Morgan fingerprint density at radius 3 is 2.65 bits per heavy atom. The van der Waals surface area contributed by atoms with Crippen LogP contribution in [0.15, 0.2) is 23.2 Å². The maximum Gasteiger partial charge on any atom is 0.387 e. The number of ether oxygens (including phenoxy) is 3.